The predicted molar refractivity (Wildman–Crippen MR) is 89.3 cm³/mol. The summed E-state index contributed by atoms with van der Waals surface area (Å²) in [6.07, 6.45) is 4.29. The molecule has 0 radical (unpaired) electrons. The van der Waals surface area contributed by atoms with E-state index in [1.807, 2.05) is 31.2 Å². The molecule has 1 saturated carbocycles. The van der Waals surface area contributed by atoms with Crippen molar-refractivity contribution >= 4 is 23.5 Å². The first-order valence-corrected chi connectivity index (χ1v) is 8.50. The van der Waals surface area contributed by atoms with Crippen molar-refractivity contribution in [3.05, 3.63) is 34.9 Å². The van der Waals surface area contributed by atoms with Gasteiger partial charge in [0.2, 0.25) is 5.91 Å². The number of hydrogen-bond acceptors (Lipinski definition) is 2. The Bertz CT molecular complexity index is 604. The highest BCUT2D eigenvalue weighted by molar-refractivity contribution is 6.30. The zero-order valence-corrected chi connectivity index (χ0v) is 14.0. The molecule has 3 atom stereocenters. The van der Waals surface area contributed by atoms with Crippen molar-refractivity contribution in [2.45, 2.75) is 56.7 Å². The maximum atomic E-state index is 12.4. The van der Waals surface area contributed by atoms with E-state index in [2.05, 4.69) is 16.0 Å². The third-order valence-electron chi connectivity index (χ3n) is 4.92. The second-order valence-corrected chi connectivity index (χ2v) is 7.01. The summed E-state index contributed by atoms with van der Waals surface area (Å²) in [6.45, 7) is 1.93. The number of hydrogen-bond donors (Lipinski definition) is 3. The Balaban J connectivity index is 1.64. The molecule has 124 valence electrons. The van der Waals surface area contributed by atoms with Crippen LogP contribution in [0.4, 0.5) is 4.79 Å². The molecule has 2 aliphatic rings. The molecule has 3 amide bonds. The van der Waals surface area contributed by atoms with Gasteiger partial charge in [0.25, 0.3) is 0 Å². The first-order valence-electron chi connectivity index (χ1n) is 8.12. The number of benzene rings is 1. The smallest absolute Gasteiger partial charge is 0.315 e. The summed E-state index contributed by atoms with van der Waals surface area (Å²) >= 11 is 5.89. The van der Waals surface area contributed by atoms with E-state index in [4.69, 9.17) is 11.6 Å². The minimum absolute atomic E-state index is 0.0305. The molecule has 1 heterocycles. The molecule has 1 aromatic carbocycles. The molecule has 5 nitrogen and oxygen atoms in total. The van der Waals surface area contributed by atoms with Gasteiger partial charge in [-0.05, 0) is 37.5 Å². The monoisotopic (exact) mass is 335 g/mol. The summed E-state index contributed by atoms with van der Waals surface area (Å²) in [5.74, 6) is 0.0305. The minimum atomic E-state index is -0.431. The highest BCUT2D eigenvalue weighted by Gasteiger charge is 2.49. The summed E-state index contributed by atoms with van der Waals surface area (Å²) in [5.41, 5.74) is 0.557. The van der Waals surface area contributed by atoms with Gasteiger partial charge in [-0.1, -0.05) is 36.6 Å². The lowest BCUT2D eigenvalue weighted by molar-refractivity contribution is -0.119. The van der Waals surface area contributed by atoms with Crippen LogP contribution < -0.4 is 16.0 Å². The van der Waals surface area contributed by atoms with Crippen molar-refractivity contribution in [2.75, 3.05) is 0 Å². The summed E-state index contributed by atoms with van der Waals surface area (Å²) in [6, 6.07) is 7.11. The highest BCUT2D eigenvalue weighted by Crippen LogP contribution is 2.35. The largest absolute Gasteiger partial charge is 0.351 e. The molecule has 0 unspecified atom stereocenters. The molecule has 2 fully saturated rings. The molecule has 0 aromatic heterocycles. The Hall–Kier alpha value is -1.75. The van der Waals surface area contributed by atoms with Crippen LogP contribution in [0, 0.1) is 0 Å². The van der Waals surface area contributed by atoms with Gasteiger partial charge in [0.1, 0.15) is 0 Å². The van der Waals surface area contributed by atoms with Crippen LogP contribution in [0.1, 0.15) is 50.6 Å². The lowest BCUT2D eigenvalue weighted by Crippen LogP contribution is -2.59. The number of fused-ring (bicyclic) bond motifs is 1. The molecule has 1 aliphatic carbocycles. The number of amides is 3. The number of nitrogens with one attached hydrogen (secondary N) is 3. The SMILES string of the molecule is C[C@@H](NC(=O)N[C@@]12CCCC[C@@H]1NC(=O)C2)c1ccc(Cl)cc1. The van der Waals surface area contributed by atoms with Crippen molar-refractivity contribution in [1.29, 1.82) is 0 Å². The Morgan fingerprint density at radius 3 is 2.83 bits per heavy atom. The number of halogens is 1. The van der Waals surface area contributed by atoms with Gasteiger partial charge in [0.15, 0.2) is 0 Å². The normalized spacial score (nSPS) is 27.7. The maximum Gasteiger partial charge on any atom is 0.315 e. The van der Waals surface area contributed by atoms with Gasteiger partial charge >= 0.3 is 6.03 Å². The lowest BCUT2D eigenvalue weighted by atomic mass is 9.78. The molecule has 3 rings (SSSR count). The van der Waals surface area contributed by atoms with Crippen molar-refractivity contribution < 1.29 is 9.59 Å². The molecule has 23 heavy (non-hydrogen) atoms. The van der Waals surface area contributed by atoms with Gasteiger partial charge in [0, 0.05) is 5.02 Å². The van der Waals surface area contributed by atoms with E-state index >= 15 is 0 Å². The van der Waals surface area contributed by atoms with Gasteiger partial charge < -0.3 is 16.0 Å². The van der Waals surface area contributed by atoms with E-state index in [0.717, 1.165) is 31.2 Å². The van der Waals surface area contributed by atoms with Crippen molar-refractivity contribution in [3.8, 4) is 0 Å². The fraction of sp³-hybridized carbons (Fsp3) is 0.529. The van der Waals surface area contributed by atoms with Gasteiger partial charge in [-0.2, -0.15) is 0 Å². The summed E-state index contributed by atoms with van der Waals surface area (Å²) in [7, 11) is 0. The Labute approximate surface area is 141 Å². The van der Waals surface area contributed by atoms with Crippen LogP contribution in [0.5, 0.6) is 0 Å². The van der Waals surface area contributed by atoms with Crippen LogP contribution in [0.15, 0.2) is 24.3 Å². The van der Waals surface area contributed by atoms with E-state index in [1.54, 1.807) is 0 Å². The zero-order valence-electron chi connectivity index (χ0n) is 13.2. The van der Waals surface area contributed by atoms with Gasteiger partial charge in [0.05, 0.1) is 24.0 Å². The van der Waals surface area contributed by atoms with Gasteiger partial charge in [-0.15, -0.1) is 0 Å². The van der Waals surface area contributed by atoms with E-state index in [9.17, 15) is 9.59 Å². The molecule has 0 spiro atoms. The second kappa shape index (κ2) is 6.40. The topological polar surface area (TPSA) is 70.2 Å². The Morgan fingerprint density at radius 1 is 1.35 bits per heavy atom. The average Bonchev–Trinajstić information content (AvgIpc) is 2.82. The predicted octanol–water partition coefficient (Wildman–Crippen LogP) is 2.90. The van der Waals surface area contributed by atoms with Crippen molar-refractivity contribution in [1.82, 2.24) is 16.0 Å². The van der Waals surface area contributed by atoms with Crippen molar-refractivity contribution in [3.63, 3.8) is 0 Å². The van der Waals surface area contributed by atoms with E-state index in [0.29, 0.717) is 11.4 Å². The maximum absolute atomic E-state index is 12.4. The molecule has 6 heteroatoms. The zero-order chi connectivity index (χ0) is 16.4. The van der Waals surface area contributed by atoms with Crippen LogP contribution >= 0.6 is 11.6 Å². The molecule has 0 bridgehead atoms. The van der Waals surface area contributed by atoms with Crippen LogP contribution in [0.3, 0.4) is 0 Å². The molecular formula is C17H22ClN3O2. The van der Waals surface area contributed by atoms with Crippen LogP contribution in [-0.2, 0) is 4.79 Å². The van der Waals surface area contributed by atoms with Crippen molar-refractivity contribution in [2.24, 2.45) is 0 Å². The summed E-state index contributed by atoms with van der Waals surface area (Å²) < 4.78 is 0. The quantitative estimate of drug-likeness (QED) is 0.795. The fourth-order valence-electron chi connectivity index (χ4n) is 3.68. The Morgan fingerprint density at radius 2 is 2.09 bits per heavy atom. The molecule has 3 N–H and O–H groups in total. The van der Waals surface area contributed by atoms with E-state index in [1.165, 1.54) is 0 Å². The third kappa shape index (κ3) is 3.44. The molecule has 1 aliphatic heterocycles. The van der Waals surface area contributed by atoms with E-state index < -0.39 is 5.54 Å². The number of carbonyl (C=O) groups is 2. The summed E-state index contributed by atoms with van der Waals surface area (Å²) in [5, 5.41) is 9.70. The molecular weight excluding hydrogens is 314 g/mol. The minimum Gasteiger partial charge on any atom is -0.351 e. The first-order chi connectivity index (χ1) is 11.0. The number of urea groups is 1. The summed E-state index contributed by atoms with van der Waals surface area (Å²) in [4.78, 5) is 24.2. The van der Waals surface area contributed by atoms with Gasteiger partial charge in [-0.25, -0.2) is 4.79 Å². The fourth-order valence-corrected chi connectivity index (χ4v) is 3.81. The van der Waals surface area contributed by atoms with E-state index in [-0.39, 0.29) is 24.0 Å². The second-order valence-electron chi connectivity index (χ2n) is 6.57. The van der Waals surface area contributed by atoms with Crippen LogP contribution in [0.2, 0.25) is 5.02 Å². The lowest BCUT2D eigenvalue weighted by Gasteiger charge is -2.39. The van der Waals surface area contributed by atoms with Gasteiger partial charge in [-0.3, -0.25) is 4.79 Å². The van der Waals surface area contributed by atoms with Crippen LogP contribution in [0.25, 0.3) is 0 Å². The molecule has 1 aromatic rings. The number of carbonyl (C=O) groups excluding carboxylic acids is 2. The third-order valence-corrected chi connectivity index (χ3v) is 5.18. The standard InChI is InChI=1S/C17H22ClN3O2/c1-11(12-5-7-13(18)8-6-12)19-16(23)21-17-9-3-2-4-14(17)20-15(22)10-17/h5-8,11,14H,2-4,9-10H2,1H3,(H,20,22)(H2,19,21,23)/t11-,14+,17-/m1/s1. The highest BCUT2D eigenvalue weighted by atomic mass is 35.5. The molecule has 1 saturated heterocycles. The first kappa shape index (κ1) is 16.1. The van der Waals surface area contributed by atoms with Crippen LogP contribution in [-0.4, -0.2) is 23.5 Å². The Kier molecular flexibility index (Phi) is 4.48. The number of rotatable bonds is 3. The average molecular weight is 336 g/mol.